The first-order valence-electron chi connectivity index (χ1n) is 8.72. The topological polar surface area (TPSA) is 69.6 Å². The van der Waals surface area contributed by atoms with Crippen molar-refractivity contribution in [1.29, 1.82) is 0 Å². The van der Waals surface area contributed by atoms with Crippen LogP contribution in [0.5, 0.6) is 0 Å². The number of halogens is 1. The van der Waals surface area contributed by atoms with Crippen molar-refractivity contribution in [3.8, 4) is 0 Å². The standard InChI is InChI=1S/C16H21ClN4O3/c17-15-18-14(13-9-1-2-10(13)4-22-3-9)19-16(20-15)21-11-5-23-7-12(21)8-24-6-11/h9-13H,1-8H2. The molecule has 0 aromatic carbocycles. The largest absolute Gasteiger partial charge is 0.381 e. The Hall–Kier alpha value is -1.02. The summed E-state index contributed by atoms with van der Waals surface area (Å²) in [6.45, 7) is 4.15. The van der Waals surface area contributed by atoms with Gasteiger partial charge in [0.1, 0.15) is 5.82 Å². The Morgan fingerprint density at radius 1 is 0.792 bits per heavy atom. The molecule has 1 aromatic heterocycles. The van der Waals surface area contributed by atoms with Crippen molar-refractivity contribution in [3.05, 3.63) is 11.1 Å². The maximum absolute atomic E-state index is 6.28. The summed E-state index contributed by atoms with van der Waals surface area (Å²) in [4.78, 5) is 16.0. The number of rotatable bonds is 2. The second-order valence-electron chi connectivity index (χ2n) is 7.21. The van der Waals surface area contributed by atoms with Crippen molar-refractivity contribution >= 4 is 17.5 Å². The van der Waals surface area contributed by atoms with E-state index >= 15 is 0 Å². The molecule has 0 spiro atoms. The molecule has 4 fully saturated rings. The van der Waals surface area contributed by atoms with Gasteiger partial charge >= 0.3 is 0 Å². The van der Waals surface area contributed by atoms with Crippen LogP contribution in [-0.4, -0.2) is 66.7 Å². The zero-order chi connectivity index (χ0) is 16.1. The minimum atomic E-state index is 0.148. The summed E-state index contributed by atoms with van der Waals surface area (Å²) in [5, 5.41) is 0.284. The zero-order valence-corrected chi connectivity index (χ0v) is 14.2. The van der Waals surface area contributed by atoms with Gasteiger partial charge in [-0.1, -0.05) is 0 Å². The van der Waals surface area contributed by atoms with E-state index in [0.717, 1.165) is 19.0 Å². The second-order valence-corrected chi connectivity index (χ2v) is 7.55. The second kappa shape index (κ2) is 6.05. The highest BCUT2D eigenvalue weighted by molar-refractivity contribution is 6.28. The number of aromatic nitrogens is 3. The number of hydrogen-bond donors (Lipinski definition) is 0. The fourth-order valence-corrected chi connectivity index (χ4v) is 4.84. The van der Waals surface area contributed by atoms with Gasteiger partial charge in [-0.05, 0) is 36.3 Å². The first-order chi connectivity index (χ1) is 11.8. The Kier molecular flexibility index (Phi) is 3.85. The summed E-state index contributed by atoms with van der Waals surface area (Å²) in [6, 6.07) is 0.297. The molecular formula is C16H21ClN4O3. The predicted octanol–water partition coefficient (Wildman–Crippen LogP) is 1.27. The molecule has 0 radical (unpaired) electrons. The van der Waals surface area contributed by atoms with Gasteiger partial charge in [-0.2, -0.15) is 9.97 Å². The molecule has 4 aliphatic rings. The fourth-order valence-electron chi connectivity index (χ4n) is 4.68. The van der Waals surface area contributed by atoms with Gasteiger partial charge in [0.25, 0.3) is 0 Å². The van der Waals surface area contributed by atoms with E-state index in [0.29, 0.717) is 50.1 Å². The normalized spacial score (nSPS) is 38.4. The molecule has 3 aliphatic heterocycles. The van der Waals surface area contributed by atoms with Gasteiger partial charge in [0.15, 0.2) is 0 Å². The number of fused-ring (bicyclic) bond motifs is 4. The lowest BCUT2D eigenvalue weighted by atomic mass is 9.87. The van der Waals surface area contributed by atoms with E-state index in [1.807, 2.05) is 0 Å². The Morgan fingerprint density at radius 3 is 2.00 bits per heavy atom. The van der Waals surface area contributed by atoms with Crippen LogP contribution in [-0.2, 0) is 14.2 Å². The van der Waals surface area contributed by atoms with Gasteiger partial charge in [-0.3, -0.25) is 0 Å². The SMILES string of the molecule is Clc1nc(C2C3CCC2COC3)nc(N2C3COCC2COC3)n1. The Labute approximate surface area is 145 Å². The lowest BCUT2D eigenvalue weighted by Crippen LogP contribution is -2.60. The summed E-state index contributed by atoms with van der Waals surface area (Å²) in [6.07, 6.45) is 2.37. The molecule has 24 heavy (non-hydrogen) atoms. The lowest BCUT2D eigenvalue weighted by Gasteiger charge is -2.45. The van der Waals surface area contributed by atoms with Crippen LogP contribution in [0.2, 0.25) is 5.28 Å². The van der Waals surface area contributed by atoms with E-state index in [1.54, 1.807) is 0 Å². The van der Waals surface area contributed by atoms with Crippen molar-refractivity contribution in [1.82, 2.24) is 15.0 Å². The summed E-state index contributed by atoms with van der Waals surface area (Å²) < 4.78 is 17.0. The molecule has 5 rings (SSSR count). The Balaban J connectivity index is 1.50. The molecular weight excluding hydrogens is 332 g/mol. The Bertz CT molecular complexity index is 595. The lowest BCUT2D eigenvalue weighted by molar-refractivity contribution is -0.0355. The molecule has 4 heterocycles. The van der Waals surface area contributed by atoms with E-state index in [9.17, 15) is 0 Å². The zero-order valence-electron chi connectivity index (χ0n) is 13.4. The van der Waals surface area contributed by atoms with Crippen LogP contribution < -0.4 is 4.90 Å². The van der Waals surface area contributed by atoms with E-state index in [-0.39, 0.29) is 17.4 Å². The van der Waals surface area contributed by atoms with Crippen molar-refractivity contribution in [3.63, 3.8) is 0 Å². The smallest absolute Gasteiger partial charge is 0.230 e. The van der Waals surface area contributed by atoms with E-state index in [2.05, 4.69) is 14.9 Å². The third-order valence-corrected chi connectivity index (χ3v) is 5.93. The van der Waals surface area contributed by atoms with Gasteiger partial charge in [-0.15, -0.1) is 0 Å². The van der Waals surface area contributed by atoms with Crippen molar-refractivity contribution in [2.45, 2.75) is 30.8 Å². The fraction of sp³-hybridized carbons (Fsp3) is 0.812. The third-order valence-electron chi connectivity index (χ3n) is 5.76. The molecule has 3 saturated heterocycles. The van der Waals surface area contributed by atoms with Crippen LogP contribution in [0.4, 0.5) is 5.95 Å². The van der Waals surface area contributed by atoms with Crippen molar-refractivity contribution in [2.75, 3.05) is 44.5 Å². The first-order valence-corrected chi connectivity index (χ1v) is 9.10. The minimum absolute atomic E-state index is 0.148. The quantitative estimate of drug-likeness (QED) is 0.793. The first kappa shape index (κ1) is 15.3. The minimum Gasteiger partial charge on any atom is -0.381 e. The van der Waals surface area contributed by atoms with Crippen LogP contribution in [0.3, 0.4) is 0 Å². The highest BCUT2D eigenvalue weighted by atomic mass is 35.5. The van der Waals surface area contributed by atoms with Crippen LogP contribution in [0.1, 0.15) is 24.6 Å². The van der Waals surface area contributed by atoms with E-state index in [4.69, 9.17) is 30.8 Å². The maximum Gasteiger partial charge on any atom is 0.230 e. The maximum atomic E-state index is 6.28. The number of anilines is 1. The molecule has 7 nitrogen and oxygen atoms in total. The van der Waals surface area contributed by atoms with Gasteiger partial charge in [0, 0.05) is 5.92 Å². The summed E-state index contributed by atoms with van der Waals surface area (Å²) in [5.41, 5.74) is 0. The average Bonchev–Trinajstić information content (AvgIpc) is 2.82. The number of ether oxygens (including phenoxy) is 3. The van der Waals surface area contributed by atoms with E-state index in [1.165, 1.54) is 12.8 Å². The van der Waals surface area contributed by atoms with Gasteiger partial charge < -0.3 is 19.1 Å². The van der Waals surface area contributed by atoms with Crippen molar-refractivity contribution in [2.24, 2.45) is 11.8 Å². The number of morpholine rings is 2. The number of nitrogens with zero attached hydrogens (tertiary/aromatic N) is 4. The summed E-state index contributed by atoms with van der Waals surface area (Å²) in [7, 11) is 0. The predicted molar refractivity (Wildman–Crippen MR) is 86.3 cm³/mol. The summed E-state index contributed by atoms with van der Waals surface area (Å²) >= 11 is 6.28. The van der Waals surface area contributed by atoms with Crippen LogP contribution in [0, 0.1) is 11.8 Å². The van der Waals surface area contributed by atoms with Crippen LogP contribution >= 0.6 is 11.6 Å². The molecule has 8 heteroatoms. The summed E-state index contributed by atoms with van der Waals surface area (Å²) in [5.74, 6) is 2.86. The van der Waals surface area contributed by atoms with Crippen LogP contribution in [0.15, 0.2) is 0 Å². The monoisotopic (exact) mass is 352 g/mol. The molecule has 0 N–H and O–H groups in total. The molecule has 130 valence electrons. The highest BCUT2D eigenvalue weighted by Crippen LogP contribution is 2.46. The van der Waals surface area contributed by atoms with Gasteiger partial charge in [-0.25, -0.2) is 4.98 Å². The highest BCUT2D eigenvalue weighted by Gasteiger charge is 2.43. The number of hydrogen-bond acceptors (Lipinski definition) is 7. The Morgan fingerprint density at radius 2 is 1.38 bits per heavy atom. The molecule has 1 saturated carbocycles. The molecule has 1 aliphatic carbocycles. The van der Waals surface area contributed by atoms with E-state index < -0.39 is 0 Å². The van der Waals surface area contributed by atoms with Gasteiger partial charge in [0.2, 0.25) is 11.2 Å². The van der Waals surface area contributed by atoms with Gasteiger partial charge in [0.05, 0.1) is 51.7 Å². The van der Waals surface area contributed by atoms with Crippen LogP contribution in [0.25, 0.3) is 0 Å². The molecule has 2 atom stereocenters. The molecule has 1 aromatic rings. The molecule has 0 amide bonds. The molecule has 4 bridgehead atoms. The van der Waals surface area contributed by atoms with Crippen molar-refractivity contribution < 1.29 is 14.2 Å². The third kappa shape index (κ3) is 2.49. The average molecular weight is 353 g/mol. The molecule has 2 unspecified atom stereocenters.